The summed E-state index contributed by atoms with van der Waals surface area (Å²) < 4.78 is 4.92. The first kappa shape index (κ1) is 21.5. The Balaban J connectivity index is 2.66. The first-order chi connectivity index (χ1) is 11.6. The zero-order valence-corrected chi connectivity index (χ0v) is 17.2. The summed E-state index contributed by atoms with van der Waals surface area (Å²) in [6.45, 7) is 15.4. The minimum atomic E-state index is -0.243. The van der Waals surface area contributed by atoms with Crippen molar-refractivity contribution in [2.24, 2.45) is 11.3 Å². The van der Waals surface area contributed by atoms with Gasteiger partial charge in [0.25, 0.3) is 0 Å². The quantitative estimate of drug-likeness (QED) is 0.297. The fourth-order valence-corrected chi connectivity index (χ4v) is 3.47. The molecule has 0 heterocycles. The van der Waals surface area contributed by atoms with E-state index in [1.54, 1.807) is 11.1 Å². The van der Waals surface area contributed by atoms with E-state index < -0.39 is 0 Å². The maximum absolute atomic E-state index is 10.8. The molecule has 0 aromatic heterocycles. The lowest BCUT2D eigenvalue weighted by Gasteiger charge is -2.36. The second kappa shape index (κ2) is 9.79. The third-order valence-electron chi connectivity index (χ3n) is 5.38. The van der Waals surface area contributed by atoms with Crippen LogP contribution in [0.4, 0.5) is 0 Å². The lowest BCUT2D eigenvalue weighted by atomic mass is 9.69. The normalized spacial score (nSPS) is 20.1. The second-order valence-corrected chi connectivity index (χ2v) is 8.12. The van der Waals surface area contributed by atoms with Crippen molar-refractivity contribution in [1.29, 1.82) is 0 Å². The summed E-state index contributed by atoms with van der Waals surface area (Å²) in [6.07, 6.45) is 13.3. The monoisotopic (exact) mass is 344 g/mol. The van der Waals surface area contributed by atoms with E-state index in [0.717, 1.165) is 12.0 Å². The standard InChI is InChI=1S/C23H36O2/c1-17(13-15-25-21(5)24)10-8-11-18(2)20(4)16-22-19(3)12-9-14-23(22,6)7/h8,10-11,13,20H,9,12,14-16H2,1-7H3/b10-8+,17-13+,18-11+. The van der Waals surface area contributed by atoms with Gasteiger partial charge in [-0.2, -0.15) is 0 Å². The molecule has 0 saturated carbocycles. The van der Waals surface area contributed by atoms with Crippen molar-refractivity contribution in [3.63, 3.8) is 0 Å². The summed E-state index contributed by atoms with van der Waals surface area (Å²) in [5.41, 5.74) is 6.13. The van der Waals surface area contributed by atoms with Crippen molar-refractivity contribution in [2.75, 3.05) is 6.61 Å². The van der Waals surface area contributed by atoms with E-state index in [0.29, 0.717) is 17.9 Å². The van der Waals surface area contributed by atoms with Crippen LogP contribution >= 0.6 is 0 Å². The molecule has 0 amide bonds. The topological polar surface area (TPSA) is 26.3 Å². The maximum Gasteiger partial charge on any atom is 0.302 e. The highest BCUT2D eigenvalue weighted by Crippen LogP contribution is 2.43. The first-order valence-electron chi connectivity index (χ1n) is 9.47. The van der Waals surface area contributed by atoms with Gasteiger partial charge in [0.1, 0.15) is 6.61 Å². The van der Waals surface area contributed by atoms with Crippen LogP contribution in [0.1, 0.15) is 74.1 Å². The molecule has 0 N–H and O–H groups in total. The zero-order valence-electron chi connectivity index (χ0n) is 17.2. The summed E-state index contributed by atoms with van der Waals surface area (Å²) in [6, 6.07) is 0. The van der Waals surface area contributed by atoms with Crippen molar-refractivity contribution < 1.29 is 9.53 Å². The highest BCUT2D eigenvalue weighted by Gasteiger charge is 2.29. The number of allylic oxidation sites excluding steroid dienone is 7. The molecule has 0 bridgehead atoms. The minimum absolute atomic E-state index is 0.243. The van der Waals surface area contributed by atoms with Crippen LogP contribution in [0.15, 0.2) is 46.6 Å². The molecule has 1 unspecified atom stereocenters. The molecule has 0 saturated heterocycles. The zero-order chi connectivity index (χ0) is 19.0. The average Bonchev–Trinajstić information content (AvgIpc) is 2.50. The van der Waals surface area contributed by atoms with Crippen LogP contribution in [-0.2, 0) is 9.53 Å². The van der Waals surface area contributed by atoms with Gasteiger partial charge in [0.15, 0.2) is 0 Å². The number of esters is 1. The van der Waals surface area contributed by atoms with Crippen molar-refractivity contribution in [3.8, 4) is 0 Å². The molecular formula is C23H36O2. The Morgan fingerprint density at radius 3 is 2.56 bits per heavy atom. The van der Waals surface area contributed by atoms with E-state index >= 15 is 0 Å². The number of carbonyl (C=O) groups is 1. The smallest absolute Gasteiger partial charge is 0.302 e. The number of rotatable bonds is 7. The summed E-state index contributed by atoms with van der Waals surface area (Å²) in [5, 5.41) is 0. The van der Waals surface area contributed by atoms with Gasteiger partial charge in [-0.15, -0.1) is 0 Å². The van der Waals surface area contributed by atoms with Crippen molar-refractivity contribution in [2.45, 2.75) is 74.1 Å². The Labute approximate surface area is 154 Å². The summed E-state index contributed by atoms with van der Waals surface area (Å²) in [7, 11) is 0. The fourth-order valence-electron chi connectivity index (χ4n) is 3.47. The summed E-state index contributed by atoms with van der Waals surface area (Å²) >= 11 is 0. The Morgan fingerprint density at radius 2 is 1.96 bits per heavy atom. The molecule has 0 radical (unpaired) electrons. The molecule has 1 aliphatic carbocycles. The van der Waals surface area contributed by atoms with Gasteiger partial charge in [-0.3, -0.25) is 4.79 Å². The largest absolute Gasteiger partial charge is 0.462 e. The van der Waals surface area contributed by atoms with Gasteiger partial charge in [-0.05, 0) is 63.9 Å². The molecule has 0 aromatic rings. The Bertz CT molecular complexity index is 585. The van der Waals surface area contributed by atoms with Crippen molar-refractivity contribution in [1.82, 2.24) is 0 Å². The molecule has 1 aliphatic rings. The lowest BCUT2D eigenvalue weighted by Crippen LogP contribution is -2.22. The molecule has 2 nitrogen and oxygen atoms in total. The Hall–Kier alpha value is -1.57. The number of ether oxygens (including phenoxy) is 1. The molecule has 1 rings (SSSR count). The van der Waals surface area contributed by atoms with E-state index in [2.05, 4.69) is 52.8 Å². The van der Waals surface area contributed by atoms with Crippen LogP contribution in [0, 0.1) is 11.3 Å². The lowest BCUT2D eigenvalue weighted by molar-refractivity contribution is -0.139. The van der Waals surface area contributed by atoms with E-state index in [1.807, 2.05) is 13.0 Å². The highest BCUT2D eigenvalue weighted by atomic mass is 16.5. The van der Waals surface area contributed by atoms with E-state index in [-0.39, 0.29) is 5.97 Å². The molecule has 25 heavy (non-hydrogen) atoms. The SMILES string of the molecule is CC(=O)OC/C=C(C)/C=C/C=C(\C)C(C)CC1=C(C)CCCC1(C)C. The van der Waals surface area contributed by atoms with E-state index in [1.165, 1.54) is 31.8 Å². The average molecular weight is 345 g/mol. The Morgan fingerprint density at radius 1 is 1.28 bits per heavy atom. The van der Waals surface area contributed by atoms with E-state index in [9.17, 15) is 4.79 Å². The molecule has 140 valence electrons. The highest BCUT2D eigenvalue weighted by molar-refractivity contribution is 5.66. The van der Waals surface area contributed by atoms with Crippen molar-refractivity contribution >= 4 is 5.97 Å². The summed E-state index contributed by atoms with van der Waals surface area (Å²) in [4.78, 5) is 10.8. The Kier molecular flexibility index (Phi) is 8.41. The van der Waals surface area contributed by atoms with Crippen LogP contribution in [0.2, 0.25) is 0 Å². The molecule has 0 spiro atoms. The van der Waals surface area contributed by atoms with Crippen LogP contribution < -0.4 is 0 Å². The van der Waals surface area contributed by atoms with Crippen molar-refractivity contribution in [3.05, 3.63) is 46.6 Å². The van der Waals surface area contributed by atoms with Gasteiger partial charge in [0.05, 0.1) is 0 Å². The second-order valence-electron chi connectivity index (χ2n) is 8.12. The van der Waals surface area contributed by atoms with Gasteiger partial charge in [-0.1, -0.05) is 61.3 Å². The van der Waals surface area contributed by atoms with Gasteiger partial charge < -0.3 is 4.74 Å². The molecule has 0 fully saturated rings. The number of hydrogen-bond donors (Lipinski definition) is 0. The van der Waals surface area contributed by atoms with Gasteiger partial charge in [-0.25, -0.2) is 0 Å². The first-order valence-corrected chi connectivity index (χ1v) is 9.47. The molecule has 0 aliphatic heterocycles. The molecular weight excluding hydrogens is 308 g/mol. The van der Waals surface area contributed by atoms with Gasteiger partial charge in [0.2, 0.25) is 0 Å². The number of carbonyl (C=O) groups excluding carboxylic acids is 1. The fraction of sp³-hybridized carbons (Fsp3) is 0.609. The van der Waals surface area contributed by atoms with Crippen LogP contribution in [0.5, 0.6) is 0 Å². The van der Waals surface area contributed by atoms with Gasteiger partial charge >= 0.3 is 5.97 Å². The van der Waals surface area contributed by atoms with Crippen LogP contribution in [0.25, 0.3) is 0 Å². The minimum Gasteiger partial charge on any atom is -0.462 e. The third kappa shape index (κ3) is 7.46. The molecule has 0 aromatic carbocycles. The van der Waals surface area contributed by atoms with Gasteiger partial charge in [0, 0.05) is 6.92 Å². The molecule has 2 heteroatoms. The predicted octanol–water partition coefficient (Wildman–Crippen LogP) is 6.55. The van der Waals surface area contributed by atoms with Crippen LogP contribution in [-0.4, -0.2) is 12.6 Å². The maximum atomic E-state index is 10.8. The number of hydrogen-bond acceptors (Lipinski definition) is 2. The third-order valence-corrected chi connectivity index (χ3v) is 5.38. The van der Waals surface area contributed by atoms with Crippen LogP contribution in [0.3, 0.4) is 0 Å². The summed E-state index contributed by atoms with van der Waals surface area (Å²) in [5.74, 6) is 0.310. The van der Waals surface area contributed by atoms with E-state index in [4.69, 9.17) is 4.74 Å². The molecule has 1 atom stereocenters. The predicted molar refractivity (Wildman–Crippen MR) is 107 cm³/mol.